The summed E-state index contributed by atoms with van der Waals surface area (Å²) in [6.45, 7) is 0. The fraction of sp³-hybridized carbons (Fsp3) is 0.286. The molecule has 6 heteroatoms. The third kappa shape index (κ3) is 2.51. The highest BCUT2D eigenvalue weighted by atomic mass is 79.9. The van der Waals surface area contributed by atoms with Gasteiger partial charge in [-0.2, -0.15) is 0 Å². The Bertz CT molecular complexity index is 320. The minimum atomic E-state index is -2.63. The molecule has 0 N–H and O–H groups in total. The zero-order valence-electron chi connectivity index (χ0n) is 6.20. The molecule has 1 nitrogen and oxygen atoms in total. The first-order valence-electron chi connectivity index (χ1n) is 3.25. The molecule has 0 spiro atoms. The minimum absolute atomic E-state index is 0.116. The van der Waals surface area contributed by atoms with E-state index in [0.717, 1.165) is 0 Å². The van der Waals surface area contributed by atoms with Gasteiger partial charge in [0.25, 0.3) is 6.43 Å². The van der Waals surface area contributed by atoms with Gasteiger partial charge in [0.1, 0.15) is 9.76 Å². The van der Waals surface area contributed by atoms with Crippen molar-refractivity contribution < 1.29 is 8.78 Å². The van der Waals surface area contributed by atoms with Crippen LogP contribution in [0.3, 0.4) is 0 Å². The van der Waals surface area contributed by atoms with Gasteiger partial charge in [-0.1, -0.05) is 11.6 Å². The molecule has 0 radical (unpaired) electrons. The van der Waals surface area contributed by atoms with Crippen LogP contribution in [0.4, 0.5) is 8.78 Å². The van der Waals surface area contributed by atoms with E-state index in [1.165, 1.54) is 6.07 Å². The van der Waals surface area contributed by atoms with Gasteiger partial charge < -0.3 is 0 Å². The topological polar surface area (TPSA) is 12.9 Å². The third-order valence-electron chi connectivity index (χ3n) is 1.41. The maximum atomic E-state index is 12.3. The Morgan fingerprint density at radius 2 is 2.15 bits per heavy atom. The van der Waals surface area contributed by atoms with Crippen molar-refractivity contribution in [1.82, 2.24) is 4.98 Å². The van der Waals surface area contributed by atoms with Crippen molar-refractivity contribution in [2.45, 2.75) is 12.3 Å². The van der Waals surface area contributed by atoms with Gasteiger partial charge in [0.05, 0.1) is 11.4 Å². The van der Waals surface area contributed by atoms with E-state index in [9.17, 15) is 8.78 Å². The Kier molecular flexibility index (Phi) is 3.88. The molecule has 0 unspecified atom stereocenters. The molecule has 0 aromatic carbocycles. The Balaban J connectivity index is 3.22. The molecule has 72 valence electrons. The second-order valence-electron chi connectivity index (χ2n) is 2.25. The van der Waals surface area contributed by atoms with Gasteiger partial charge in [-0.15, -0.1) is 11.6 Å². The van der Waals surface area contributed by atoms with Crippen LogP contribution in [0.15, 0.2) is 10.7 Å². The molecule has 1 aromatic heterocycles. The molecule has 1 rings (SSSR count). The summed E-state index contributed by atoms with van der Waals surface area (Å²) < 4.78 is 25.0. The van der Waals surface area contributed by atoms with Crippen LogP contribution in [0.5, 0.6) is 0 Å². The van der Waals surface area contributed by atoms with E-state index < -0.39 is 6.43 Å². The monoisotopic (exact) mass is 289 g/mol. The number of halogens is 5. The second-order valence-corrected chi connectivity index (χ2v) is 3.63. The van der Waals surface area contributed by atoms with E-state index in [-0.39, 0.29) is 16.6 Å². The van der Waals surface area contributed by atoms with E-state index in [4.69, 9.17) is 23.2 Å². The minimum Gasteiger partial charge on any atom is -0.228 e. The largest absolute Gasteiger partial charge is 0.266 e. The fourth-order valence-corrected chi connectivity index (χ4v) is 1.90. The average molecular weight is 291 g/mol. The lowest BCUT2D eigenvalue weighted by Crippen LogP contribution is -1.94. The van der Waals surface area contributed by atoms with Crippen molar-refractivity contribution in [2.75, 3.05) is 0 Å². The molecule has 0 atom stereocenters. The Morgan fingerprint density at radius 3 is 2.62 bits per heavy atom. The molecule has 0 aliphatic heterocycles. The zero-order chi connectivity index (χ0) is 10.0. The van der Waals surface area contributed by atoms with Gasteiger partial charge >= 0.3 is 0 Å². The predicted octanol–water partition coefficient (Wildman–Crippen LogP) is 4.17. The van der Waals surface area contributed by atoms with Crippen molar-refractivity contribution in [2.24, 2.45) is 0 Å². The number of hydrogen-bond acceptors (Lipinski definition) is 1. The number of aromatic nitrogens is 1. The quantitative estimate of drug-likeness (QED) is 0.588. The smallest absolute Gasteiger partial charge is 0.228 e. The zero-order valence-corrected chi connectivity index (χ0v) is 9.30. The van der Waals surface area contributed by atoms with E-state index in [1.54, 1.807) is 0 Å². The highest BCUT2D eigenvalue weighted by Crippen LogP contribution is 2.29. The second kappa shape index (κ2) is 4.53. The Morgan fingerprint density at radius 1 is 1.54 bits per heavy atom. The standard InChI is InChI=1S/C7H4BrCl2F2N/c8-5-3(2-9)1-4(7(11)12)6(10)13-5/h1,7H,2H2. The lowest BCUT2D eigenvalue weighted by molar-refractivity contribution is 0.151. The molecular weight excluding hydrogens is 287 g/mol. The number of hydrogen-bond donors (Lipinski definition) is 0. The average Bonchev–Trinajstić information content (AvgIpc) is 2.03. The molecule has 0 saturated heterocycles. The Labute approximate surface area is 92.2 Å². The van der Waals surface area contributed by atoms with E-state index in [2.05, 4.69) is 20.9 Å². The highest BCUT2D eigenvalue weighted by Gasteiger charge is 2.15. The summed E-state index contributed by atoms with van der Waals surface area (Å²) >= 11 is 14.1. The molecule has 0 amide bonds. The lowest BCUT2D eigenvalue weighted by atomic mass is 10.2. The van der Waals surface area contributed by atoms with Gasteiger partial charge in [0, 0.05) is 5.56 Å². The van der Waals surface area contributed by atoms with E-state index in [0.29, 0.717) is 10.2 Å². The molecule has 0 bridgehead atoms. The van der Waals surface area contributed by atoms with Crippen molar-refractivity contribution >= 4 is 39.1 Å². The van der Waals surface area contributed by atoms with Crippen LogP contribution < -0.4 is 0 Å². The summed E-state index contributed by atoms with van der Waals surface area (Å²) in [7, 11) is 0. The van der Waals surface area contributed by atoms with Crippen LogP contribution in [-0.4, -0.2) is 4.98 Å². The first kappa shape index (κ1) is 11.1. The predicted molar refractivity (Wildman–Crippen MR) is 51.5 cm³/mol. The van der Waals surface area contributed by atoms with Crippen molar-refractivity contribution in [1.29, 1.82) is 0 Å². The Hall–Kier alpha value is 0.0700. The van der Waals surface area contributed by atoms with Crippen molar-refractivity contribution in [3.8, 4) is 0 Å². The van der Waals surface area contributed by atoms with Gasteiger partial charge in [0.2, 0.25) is 0 Å². The van der Waals surface area contributed by atoms with Crippen LogP contribution in [0.2, 0.25) is 5.15 Å². The van der Waals surface area contributed by atoms with Crippen molar-refractivity contribution in [3.05, 3.63) is 26.9 Å². The van der Waals surface area contributed by atoms with Crippen LogP contribution in [0.25, 0.3) is 0 Å². The van der Waals surface area contributed by atoms with Gasteiger partial charge in [-0.05, 0) is 22.0 Å². The molecule has 1 heterocycles. The lowest BCUT2D eigenvalue weighted by Gasteiger charge is -2.05. The molecule has 0 aliphatic carbocycles. The van der Waals surface area contributed by atoms with Crippen molar-refractivity contribution in [3.63, 3.8) is 0 Å². The number of alkyl halides is 3. The maximum absolute atomic E-state index is 12.3. The van der Waals surface area contributed by atoms with E-state index in [1.807, 2.05) is 0 Å². The summed E-state index contributed by atoms with van der Waals surface area (Å²) in [5.41, 5.74) is 0.210. The number of rotatable bonds is 2. The van der Waals surface area contributed by atoms with Gasteiger partial charge in [-0.3, -0.25) is 0 Å². The molecule has 1 aromatic rings. The highest BCUT2D eigenvalue weighted by molar-refractivity contribution is 9.10. The molecule has 0 fully saturated rings. The van der Waals surface area contributed by atoms with Gasteiger partial charge in [0.15, 0.2) is 0 Å². The summed E-state index contributed by atoms with van der Waals surface area (Å²) in [5.74, 6) is 0.116. The maximum Gasteiger partial charge on any atom is 0.266 e. The van der Waals surface area contributed by atoms with Crippen LogP contribution >= 0.6 is 39.1 Å². The first-order valence-corrected chi connectivity index (χ1v) is 4.95. The molecular formula is C7H4BrCl2F2N. The number of nitrogens with zero attached hydrogens (tertiary/aromatic N) is 1. The first-order chi connectivity index (χ1) is 6.06. The molecule has 13 heavy (non-hydrogen) atoms. The third-order valence-corrected chi connectivity index (χ3v) is 2.69. The summed E-state index contributed by atoms with van der Waals surface area (Å²) in [5, 5.41) is -0.198. The fourth-order valence-electron chi connectivity index (χ4n) is 0.776. The van der Waals surface area contributed by atoms with Gasteiger partial charge in [-0.25, -0.2) is 13.8 Å². The normalized spacial score (nSPS) is 10.9. The molecule has 0 saturated carbocycles. The summed E-state index contributed by atoms with van der Waals surface area (Å²) in [4.78, 5) is 3.68. The summed E-state index contributed by atoms with van der Waals surface area (Å²) in [6.07, 6.45) is -2.63. The van der Waals surface area contributed by atoms with Crippen LogP contribution in [0, 0.1) is 0 Å². The van der Waals surface area contributed by atoms with Crippen LogP contribution in [0.1, 0.15) is 17.6 Å². The van der Waals surface area contributed by atoms with E-state index >= 15 is 0 Å². The molecule has 0 aliphatic rings. The summed E-state index contributed by atoms with van der Waals surface area (Å²) in [6, 6.07) is 1.25. The number of pyridine rings is 1. The van der Waals surface area contributed by atoms with Crippen LogP contribution in [-0.2, 0) is 5.88 Å². The SMILES string of the molecule is FC(F)c1cc(CCl)c(Br)nc1Cl.